The molecular weight excluding hydrogens is 477 g/mol. The number of benzene rings is 2. The molecule has 3 aromatic rings. The highest BCUT2D eigenvalue weighted by atomic mass is 32.2. The molecule has 3 heterocycles. The number of fused-ring (bicyclic) bond motifs is 1. The number of aliphatic hydroxyl groups excluding tert-OH is 1. The van der Waals surface area contributed by atoms with E-state index in [1.165, 1.54) is 6.07 Å². The molecule has 2 unspecified atom stereocenters. The van der Waals surface area contributed by atoms with E-state index in [4.69, 9.17) is 0 Å². The molecule has 1 saturated heterocycles. The van der Waals surface area contributed by atoms with Crippen molar-refractivity contribution in [1.82, 2.24) is 9.29 Å². The molecule has 2 atom stereocenters. The minimum atomic E-state index is -4.43. The summed E-state index contributed by atoms with van der Waals surface area (Å²) >= 11 is 1.55. The lowest BCUT2D eigenvalue weighted by atomic mass is 10.0. The SMILES string of the molecule is O=C1Cc2ccc(-c3ccc(SN4CCC(Nc5ccc(C(F)(F)F)cn5)C(O)C4)cc3)cc2N1. The van der Waals surface area contributed by atoms with Gasteiger partial charge in [-0.25, -0.2) is 9.29 Å². The van der Waals surface area contributed by atoms with Crippen LogP contribution in [0.15, 0.2) is 65.7 Å². The van der Waals surface area contributed by atoms with Crippen LogP contribution in [0.1, 0.15) is 17.5 Å². The summed E-state index contributed by atoms with van der Waals surface area (Å²) in [4.78, 5) is 16.4. The van der Waals surface area contributed by atoms with Gasteiger partial charge in [-0.3, -0.25) is 4.79 Å². The summed E-state index contributed by atoms with van der Waals surface area (Å²) in [7, 11) is 0. The summed E-state index contributed by atoms with van der Waals surface area (Å²) in [6.07, 6.45) is -3.28. The second-order valence-electron chi connectivity index (χ2n) is 8.64. The molecule has 3 N–H and O–H groups in total. The minimum absolute atomic E-state index is 0.0145. The number of halogens is 3. The Morgan fingerprint density at radius 2 is 1.86 bits per heavy atom. The van der Waals surface area contributed by atoms with E-state index in [0.717, 1.165) is 39.5 Å². The number of aliphatic hydroxyl groups is 1. The molecule has 1 fully saturated rings. The number of nitrogens with zero attached hydrogens (tertiary/aromatic N) is 2. The van der Waals surface area contributed by atoms with Crippen LogP contribution in [0.5, 0.6) is 0 Å². The second kappa shape index (κ2) is 9.52. The van der Waals surface area contributed by atoms with Gasteiger partial charge in [-0.2, -0.15) is 13.2 Å². The third-order valence-corrected chi connectivity index (χ3v) is 7.20. The van der Waals surface area contributed by atoms with E-state index >= 15 is 0 Å². The lowest BCUT2D eigenvalue weighted by Crippen LogP contribution is -2.47. The Morgan fingerprint density at radius 1 is 1.09 bits per heavy atom. The summed E-state index contributed by atoms with van der Waals surface area (Å²) in [5, 5.41) is 16.5. The first-order valence-corrected chi connectivity index (χ1v) is 12.0. The number of hydrogen-bond acceptors (Lipinski definition) is 6. The number of anilines is 2. The number of alkyl halides is 3. The third kappa shape index (κ3) is 5.44. The van der Waals surface area contributed by atoms with Crippen molar-refractivity contribution in [2.45, 2.75) is 36.1 Å². The van der Waals surface area contributed by atoms with E-state index < -0.39 is 17.8 Å². The highest BCUT2D eigenvalue weighted by molar-refractivity contribution is 7.97. The standard InChI is InChI=1S/C25H23F3N4O2S/c26-25(27,28)18-5-8-23(29-13-18)30-20-9-10-32(14-22(20)33)35-19-6-3-15(4-7-19)16-1-2-17-12-24(34)31-21(17)11-16/h1-8,11,13,20,22,33H,9-10,12,14H2,(H,29,30)(H,31,34). The fraction of sp³-hybridized carbons (Fsp3) is 0.280. The van der Waals surface area contributed by atoms with Gasteiger partial charge in [0.05, 0.1) is 24.1 Å². The molecule has 1 aromatic heterocycles. The summed E-state index contributed by atoms with van der Waals surface area (Å²) in [6.45, 7) is 1.11. The minimum Gasteiger partial charge on any atom is -0.390 e. The Balaban J connectivity index is 1.16. The van der Waals surface area contributed by atoms with E-state index in [0.29, 0.717) is 31.7 Å². The van der Waals surface area contributed by atoms with Gasteiger partial charge in [0.15, 0.2) is 0 Å². The maximum absolute atomic E-state index is 12.7. The predicted molar refractivity (Wildman–Crippen MR) is 129 cm³/mol. The molecule has 6 nitrogen and oxygen atoms in total. The molecule has 182 valence electrons. The Hall–Kier alpha value is -3.08. The molecule has 0 saturated carbocycles. The number of pyridine rings is 1. The first-order chi connectivity index (χ1) is 16.7. The van der Waals surface area contributed by atoms with Crippen molar-refractivity contribution in [2.75, 3.05) is 23.7 Å². The van der Waals surface area contributed by atoms with Gasteiger partial charge in [-0.1, -0.05) is 24.3 Å². The van der Waals surface area contributed by atoms with Gasteiger partial charge in [0, 0.05) is 29.9 Å². The summed E-state index contributed by atoms with van der Waals surface area (Å²) in [5.74, 6) is 0.325. The molecular formula is C25H23F3N4O2S. The van der Waals surface area contributed by atoms with Crippen LogP contribution in [-0.4, -0.2) is 45.5 Å². The summed E-state index contributed by atoms with van der Waals surface area (Å²) in [6, 6.07) is 16.1. The number of amides is 1. The van der Waals surface area contributed by atoms with Crippen molar-refractivity contribution in [1.29, 1.82) is 0 Å². The van der Waals surface area contributed by atoms with Gasteiger partial charge in [-0.15, -0.1) is 0 Å². The van der Waals surface area contributed by atoms with Gasteiger partial charge >= 0.3 is 6.18 Å². The van der Waals surface area contributed by atoms with E-state index in [1.54, 1.807) is 11.9 Å². The van der Waals surface area contributed by atoms with Crippen molar-refractivity contribution < 1.29 is 23.1 Å². The van der Waals surface area contributed by atoms with Crippen LogP contribution < -0.4 is 10.6 Å². The quantitative estimate of drug-likeness (QED) is 0.437. The van der Waals surface area contributed by atoms with E-state index in [9.17, 15) is 23.1 Å². The molecule has 2 aliphatic heterocycles. The van der Waals surface area contributed by atoms with Crippen LogP contribution in [0, 0.1) is 0 Å². The largest absolute Gasteiger partial charge is 0.417 e. The smallest absolute Gasteiger partial charge is 0.390 e. The Morgan fingerprint density at radius 3 is 2.54 bits per heavy atom. The summed E-state index contributed by atoms with van der Waals surface area (Å²) in [5.41, 5.74) is 3.15. The van der Waals surface area contributed by atoms with Crippen molar-refractivity contribution in [2.24, 2.45) is 0 Å². The average molecular weight is 501 g/mol. The monoisotopic (exact) mass is 500 g/mol. The zero-order valence-corrected chi connectivity index (χ0v) is 19.4. The van der Waals surface area contributed by atoms with E-state index in [1.807, 2.05) is 42.5 Å². The normalized spacial score (nSPS) is 20.4. The number of nitrogens with one attached hydrogen (secondary N) is 2. The highest BCUT2D eigenvalue weighted by Gasteiger charge is 2.32. The Kier molecular flexibility index (Phi) is 6.43. The fourth-order valence-electron chi connectivity index (χ4n) is 4.24. The first-order valence-electron chi connectivity index (χ1n) is 11.2. The van der Waals surface area contributed by atoms with Crippen LogP contribution >= 0.6 is 11.9 Å². The number of piperidine rings is 1. The number of rotatable bonds is 5. The zero-order chi connectivity index (χ0) is 24.6. The van der Waals surface area contributed by atoms with E-state index in [-0.39, 0.29) is 11.9 Å². The fourth-order valence-corrected chi connectivity index (χ4v) is 5.22. The van der Waals surface area contributed by atoms with Crippen LogP contribution in [0.2, 0.25) is 0 Å². The van der Waals surface area contributed by atoms with Gasteiger partial charge in [-0.05, 0) is 65.4 Å². The van der Waals surface area contributed by atoms with Crippen molar-refractivity contribution in [3.8, 4) is 11.1 Å². The highest BCUT2D eigenvalue weighted by Crippen LogP contribution is 2.33. The number of aromatic nitrogens is 1. The zero-order valence-electron chi connectivity index (χ0n) is 18.5. The lowest BCUT2D eigenvalue weighted by molar-refractivity contribution is -0.137. The van der Waals surface area contributed by atoms with Gasteiger partial charge in [0.25, 0.3) is 0 Å². The Labute approximate surface area is 204 Å². The van der Waals surface area contributed by atoms with Crippen molar-refractivity contribution in [3.63, 3.8) is 0 Å². The van der Waals surface area contributed by atoms with Gasteiger partial charge in [0.1, 0.15) is 5.82 Å². The van der Waals surface area contributed by atoms with Gasteiger partial charge < -0.3 is 15.7 Å². The molecule has 2 aromatic carbocycles. The first kappa shape index (κ1) is 23.7. The number of β-amino-alcohol motifs (C(OH)–C–C–N with tert-alkyl or cyclic N) is 1. The number of hydrogen-bond donors (Lipinski definition) is 3. The average Bonchev–Trinajstić information content (AvgIpc) is 3.20. The third-order valence-electron chi connectivity index (χ3n) is 6.13. The summed E-state index contributed by atoms with van der Waals surface area (Å²) < 4.78 is 40.2. The van der Waals surface area contributed by atoms with Gasteiger partial charge in [0.2, 0.25) is 5.91 Å². The van der Waals surface area contributed by atoms with Crippen LogP contribution in [0.3, 0.4) is 0 Å². The molecule has 0 radical (unpaired) electrons. The van der Waals surface area contributed by atoms with E-state index in [2.05, 4.69) is 19.9 Å². The lowest BCUT2D eigenvalue weighted by Gasteiger charge is -2.35. The number of carbonyl (C=O) groups is 1. The predicted octanol–water partition coefficient (Wildman–Crippen LogP) is 4.82. The topological polar surface area (TPSA) is 77.5 Å². The second-order valence-corrected chi connectivity index (χ2v) is 9.81. The van der Waals surface area contributed by atoms with Crippen LogP contribution in [0.4, 0.5) is 24.7 Å². The van der Waals surface area contributed by atoms with Crippen LogP contribution in [-0.2, 0) is 17.4 Å². The molecule has 0 bridgehead atoms. The van der Waals surface area contributed by atoms with Crippen molar-refractivity contribution >= 4 is 29.4 Å². The molecule has 1 amide bonds. The van der Waals surface area contributed by atoms with Crippen LogP contribution in [0.25, 0.3) is 11.1 Å². The maximum Gasteiger partial charge on any atom is 0.417 e. The Bertz CT molecular complexity index is 1220. The molecule has 10 heteroatoms. The molecule has 35 heavy (non-hydrogen) atoms. The molecule has 0 spiro atoms. The molecule has 0 aliphatic carbocycles. The maximum atomic E-state index is 12.7. The number of carbonyl (C=O) groups excluding carboxylic acids is 1. The molecule has 2 aliphatic rings. The van der Waals surface area contributed by atoms with Crippen molar-refractivity contribution in [3.05, 3.63) is 71.9 Å². The molecule has 5 rings (SSSR count).